The van der Waals surface area contributed by atoms with Crippen molar-refractivity contribution in [2.24, 2.45) is 0 Å². The van der Waals surface area contributed by atoms with Gasteiger partial charge in [0.1, 0.15) is 0 Å². The van der Waals surface area contributed by atoms with Crippen molar-refractivity contribution >= 4 is 33.4 Å². The summed E-state index contributed by atoms with van der Waals surface area (Å²) in [7, 11) is -3.48. The van der Waals surface area contributed by atoms with Gasteiger partial charge in [0.15, 0.2) is 5.82 Å². The van der Waals surface area contributed by atoms with Crippen LogP contribution in [0.1, 0.15) is 34.9 Å². The zero-order valence-corrected chi connectivity index (χ0v) is 18.6. The second-order valence-corrected chi connectivity index (χ2v) is 10.1. The van der Waals surface area contributed by atoms with E-state index in [1.165, 1.54) is 28.2 Å². The van der Waals surface area contributed by atoms with Gasteiger partial charge in [-0.15, -0.1) is 11.8 Å². The van der Waals surface area contributed by atoms with E-state index in [-0.39, 0.29) is 10.8 Å². The topological polar surface area (TPSA) is 105 Å². The average molecular weight is 459 g/mol. The molecule has 0 bridgehead atoms. The minimum absolute atomic E-state index is 0.234. The van der Waals surface area contributed by atoms with Crippen LogP contribution in [0.25, 0.3) is 0 Å². The Kier molecular flexibility index (Phi) is 6.40. The molecule has 1 amide bonds. The van der Waals surface area contributed by atoms with Crippen molar-refractivity contribution in [1.29, 1.82) is 0 Å². The molecule has 1 saturated heterocycles. The van der Waals surface area contributed by atoms with Gasteiger partial charge in [-0.3, -0.25) is 4.79 Å². The van der Waals surface area contributed by atoms with E-state index in [9.17, 15) is 13.2 Å². The Morgan fingerprint density at radius 3 is 2.52 bits per heavy atom. The van der Waals surface area contributed by atoms with E-state index in [0.29, 0.717) is 41.8 Å². The number of aromatic nitrogens is 2. The first-order chi connectivity index (χ1) is 14.9. The fourth-order valence-electron chi connectivity index (χ4n) is 3.30. The van der Waals surface area contributed by atoms with E-state index >= 15 is 0 Å². The van der Waals surface area contributed by atoms with Gasteiger partial charge in [-0.1, -0.05) is 17.3 Å². The number of nitrogens with one attached hydrogen (secondary N) is 1. The highest BCUT2D eigenvalue weighted by molar-refractivity contribution is 7.98. The zero-order chi connectivity index (χ0) is 21.8. The molecule has 0 radical (unpaired) electrons. The second kappa shape index (κ2) is 9.21. The van der Waals surface area contributed by atoms with Crippen LogP contribution >= 0.6 is 11.8 Å². The summed E-state index contributed by atoms with van der Waals surface area (Å²) in [5, 5.41) is 6.60. The fourth-order valence-corrected chi connectivity index (χ4v) is 5.71. The maximum atomic E-state index is 12.8. The van der Waals surface area contributed by atoms with Crippen LogP contribution in [0.15, 0.2) is 62.8 Å². The lowest BCUT2D eigenvalue weighted by atomic mass is 10.2. The van der Waals surface area contributed by atoms with E-state index in [0.717, 1.165) is 17.7 Å². The summed E-state index contributed by atoms with van der Waals surface area (Å²) in [4.78, 5) is 18.0. The van der Waals surface area contributed by atoms with Gasteiger partial charge < -0.3 is 9.84 Å². The first-order valence-corrected chi connectivity index (χ1v) is 12.3. The third kappa shape index (κ3) is 4.97. The molecule has 0 aliphatic carbocycles. The van der Waals surface area contributed by atoms with Crippen molar-refractivity contribution in [2.75, 3.05) is 18.4 Å². The summed E-state index contributed by atoms with van der Waals surface area (Å²) >= 11 is 1.43. The molecule has 0 saturated carbocycles. The molecule has 8 nitrogen and oxygen atoms in total. The SMILES string of the molecule is Cc1noc(CSc2ccccc2C(=O)Nc2ccc(S(=O)(=O)N3CCCC3)cc2)n1. The number of thioether (sulfide) groups is 1. The smallest absolute Gasteiger partial charge is 0.256 e. The van der Waals surface area contributed by atoms with Crippen molar-refractivity contribution in [3.63, 3.8) is 0 Å². The zero-order valence-electron chi connectivity index (χ0n) is 16.9. The number of aryl methyl sites for hydroxylation is 1. The fraction of sp³-hybridized carbons (Fsp3) is 0.286. The number of rotatable bonds is 7. The standard InChI is InChI=1S/C21H22N4O4S2/c1-15-22-20(29-24-15)14-30-19-7-3-2-6-18(19)21(26)23-16-8-10-17(11-9-16)31(27,28)25-12-4-5-13-25/h2-3,6-11H,4-5,12-14H2,1H3,(H,23,26). The van der Waals surface area contributed by atoms with E-state index in [2.05, 4.69) is 15.5 Å². The summed E-state index contributed by atoms with van der Waals surface area (Å²) < 4.78 is 31.9. The van der Waals surface area contributed by atoms with Crippen LogP contribution < -0.4 is 5.32 Å². The van der Waals surface area contributed by atoms with E-state index < -0.39 is 10.0 Å². The monoisotopic (exact) mass is 458 g/mol. The summed E-state index contributed by atoms with van der Waals surface area (Å²) in [6.45, 7) is 2.86. The van der Waals surface area contributed by atoms with Crippen LogP contribution in [-0.2, 0) is 15.8 Å². The Morgan fingerprint density at radius 1 is 1.13 bits per heavy atom. The lowest BCUT2D eigenvalue weighted by Gasteiger charge is -2.16. The lowest BCUT2D eigenvalue weighted by molar-refractivity contribution is 0.102. The summed E-state index contributed by atoms with van der Waals surface area (Å²) in [6, 6.07) is 13.5. The molecule has 3 aromatic rings. The highest BCUT2D eigenvalue weighted by atomic mass is 32.2. The van der Waals surface area contributed by atoms with Crippen LogP contribution in [0.2, 0.25) is 0 Å². The maximum Gasteiger partial charge on any atom is 0.256 e. The van der Waals surface area contributed by atoms with Crippen molar-refractivity contribution in [1.82, 2.24) is 14.4 Å². The van der Waals surface area contributed by atoms with Crippen molar-refractivity contribution in [3.8, 4) is 0 Å². The Morgan fingerprint density at radius 2 is 1.84 bits per heavy atom. The minimum atomic E-state index is -3.48. The van der Waals surface area contributed by atoms with Gasteiger partial charge in [-0.25, -0.2) is 8.42 Å². The molecule has 1 N–H and O–H groups in total. The molecule has 1 aromatic heterocycles. The number of carbonyl (C=O) groups is 1. The first kappa shape index (κ1) is 21.5. The molecule has 2 heterocycles. The van der Waals surface area contributed by atoms with Gasteiger partial charge >= 0.3 is 0 Å². The van der Waals surface area contributed by atoms with Gasteiger partial charge in [0.25, 0.3) is 5.91 Å². The predicted octanol–water partition coefficient (Wildman–Crippen LogP) is 3.71. The van der Waals surface area contributed by atoms with Gasteiger partial charge in [0, 0.05) is 23.7 Å². The third-order valence-corrected chi connectivity index (χ3v) is 7.84. The summed E-state index contributed by atoms with van der Waals surface area (Å²) in [5.41, 5.74) is 1.04. The molecule has 0 atom stereocenters. The van der Waals surface area contributed by atoms with Crippen molar-refractivity contribution < 1.29 is 17.7 Å². The molecular weight excluding hydrogens is 436 g/mol. The van der Waals surface area contributed by atoms with Crippen LogP contribution in [0.4, 0.5) is 5.69 Å². The molecule has 1 aliphatic heterocycles. The number of carbonyl (C=O) groups excluding carboxylic acids is 1. The van der Waals surface area contributed by atoms with Crippen LogP contribution in [0.5, 0.6) is 0 Å². The van der Waals surface area contributed by atoms with Crippen LogP contribution in [0.3, 0.4) is 0 Å². The van der Waals surface area contributed by atoms with Crippen molar-refractivity contribution in [3.05, 3.63) is 65.8 Å². The normalized spacial score (nSPS) is 14.6. The Bertz CT molecular complexity index is 1170. The van der Waals surface area contributed by atoms with Gasteiger partial charge in [0.05, 0.1) is 16.2 Å². The Labute approximate surface area is 185 Å². The minimum Gasteiger partial charge on any atom is -0.338 e. The molecule has 162 valence electrons. The molecule has 4 rings (SSSR count). The average Bonchev–Trinajstić information content (AvgIpc) is 3.45. The van der Waals surface area contributed by atoms with E-state index in [1.54, 1.807) is 31.2 Å². The predicted molar refractivity (Wildman–Crippen MR) is 117 cm³/mol. The molecule has 1 aliphatic rings. The summed E-state index contributed by atoms with van der Waals surface area (Å²) in [6.07, 6.45) is 1.77. The number of hydrogen-bond acceptors (Lipinski definition) is 7. The molecular formula is C21H22N4O4S2. The van der Waals surface area contributed by atoms with E-state index in [1.807, 2.05) is 12.1 Å². The van der Waals surface area contributed by atoms with Gasteiger partial charge in [0.2, 0.25) is 15.9 Å². The van der Waals surface area contributed by atoms with Crippen molar-refractivity contribution in [2.45, 2.75) is 35.3 Å². The van der Waals surface area contributed by atoms with E-state index in [4.69, 9.17) is 4.52 Å². The number of sulfonamides is 1. The highest BCUT2D eigenvalue weighted by Crippen LogP contribution is 2.27. The highest BCUT2D eigenvalue weighted by Gasteiger charge is 2.27. The molecule has 0 spiro atoms. The van der Waals surface area contributed by atoms with Gasteiger partial charge in [-0.2, -0.15) is 9.29 Å². The number of amides is 1. The maximum absolute atomic E-state index is 12.8. The molecule has 0 unspecified atom stereocenters. The van der Waals surface area contributed by atoms with Crippen LogP contribution in [-0.4, -0.2) is 41.9 Å². The quantitative estimate of drug-likeness (QED) is 0.538. The number of nitrogens with zero attached hydrogens (tertiary/aromatic N) is 3. The number of hydrogen-bond donors (Lipinski definition) is 1. The second-order valence-electron chi connectivity index (χ2n) is 7.11. The molecule has 31 heavy (non-hydrogen) atoms. The van der Waals surface area contributed by atoms with Crippen LogP contribution in [0, 0.1) is 6.92 Å². The number of anilines is 1. The summed E-state index contributed by atoms with van der Waals surface area (Å²) in [5.74, 6) is 1.23. The molecule has 1 fully saturated rings. The Hall–Kier alpha value is -2.69. The molecule has 10 heteroatoms. The molecule has 2 aromatic carbocycles. The first-order valence-electron chi connectivity index (χ1n) is 9.86. The Balaban J connectivity index is 1.45. The largest absolute Gasteiger partial charge is 0.338 e. The lowest BCUT2D eigenvalue weighted by Crippen LogP contribution is -2.27. The third-order valence-electron chi connectivity index (χ3n) is 4.87. The number of benzene rings is 2. The van der Waals surface area contributed by atoms with Gasteiger partial charge in [-0.05, 0) is 56.2 Å².